The monoisotopic (exact) mass is 278 g/mol. The van der Waals surface area contributed by atoms with Crippen LogP contribution in [-0.4, -0.2) is 32.8 Å². The molecule has 0 atom stereocenters. The average molecular weight is 278 g/mol. The van der Waals surface area contributed by atoms with Gasteiger partial charge < -0.3 is 5.32 Å². The number of anilines is 1. The van der Waals surface area contributed by atoms with E-state index in [2.05, 4.69) is 31.0 Å². The molecule has 0 radical (unpaired) electrons. The molecule has 19 heavy (non-hydrogen) atoms. The number of hydrogen-bond donors (Lipinski definition) is 3. The molecule has 0 saturated carbocycles. The number of H-pyrrole nitrogens is 1. The molecule has 1 aliphatic rings. The van der Waals surface area contributed by atoms with Crippen LogP contribution in [-0.2, 0) is 19.4 Å². The van der Waals surface area contributed by atoms with E-state index in [0.29, 0.717) is 17.4 Å². The predicted molar refractivity (Wildman–Crippen MR) is 71.2 cm³/mol. The quantitative estimate of drug-likeness (QED) is 0.769. The van der Waals surface area contributed by atoms with Crippen molar-refractivity contribution >= 4 is 22.4 Å². The molecular weight excluding hydrogens is 264 g/mol. The topological polar surface area (TPSA) is 95.6 Å². The third-order valence-electron chi connectivity index (χ3n) is 3.01. The lowest BCUT2D eigenvalue weighted by molar-refractivity contribution is 0.102. The fourth-order valence-electron chi connectivity index (χ4n) is 2.02. The number of amides is 1. The summed E-state index contributed by atoms with van der Waals surface area (Å²) in [5.41, 5.74) is 2.43. The van der Waals surface area contributed by atoms with Gasteiger partial charge in [-0.15, -0.1) is 10.2 Å². The van der Waals surface area contributed by atoms with Crippen LogP contribution in [0, 0.1) is 0 Å². The van der Waals surface area contributed by atoms with Crippen molar-refractivity contribution < 1.29 is 4.79 Å². The Balaban J connectivity index is 1.78. The molecule has 100 valence electrons. The van der Waals surface area contributed by atoms with Crippen molar-refractivity contribution in [2.45, 2.75) is 26.3 Å². The maximum absolute atomic E-state index is 12.2. The third-order valence-corrected chi connectivity index (χ3v) is 3.99. The Morgan fingerprint density at radius 3 is 3.16 bits per heavy atom. The van der Waals surface area contributed by atoms with Gasteiger partial charge in [0.1, 0.15) is 5.01 Å². The molecule has 0 spiro atoms. The summed E-state index contributed by atoms with van der Waals surface area (Å²) in [5, 5.41) is 22.3. The minimum Gasteiger partial charge on any atom is -0.312 e. The van der Waals surface area contributed by atoms with Gasteiger partial charge in [-0.1, -0.05) is 18.3 Å². The normalized spacial score (nSPS) is 14.2. The number of aryl methyl sites for hydroxylation is 1. The number of carbonyl (C=O) groups is 1. The largest absolute Gasteiger partial charge is 0.312 e. The number of carbonyl (C=O) groups excluding carboxylic acids is 1. The molecule has 8 heteroatoms. The molecule has 0 unspecified atom stereocenters. The van der Waals surface area contributed by atoms with Crippen LogP contribution in [0.4, 0.5) is 5.13 Å². The molecule has 7 nitrogen and oxygen atoms in total. The van der Waals surface area contributed by atoms with Crippen LogP contribution >= 0.6 is 11.3 Å². The van der Waals surface area contributed by atoms with Crippen molar-refractivity contribution in [2.75, 3.05) is 11.9 Å². The number of fused-ring (bicyclic) bond motifs is 1. The number of hydrogen-bond acceptors (Lipinski definition) is 6. The van der Waals surface area contributed by atoms with Crippen molar-refractivity contribution in [2.24, 2.45) is 0 Å². The van der Waals surface area contributed by atoms with E-state index >= 15 is 0 Å². The van der Waals surface area contributed by atoms with Crippen LogP contribution in [0.25, 0.3) is 0 Å². The van der Waals surface area contributed by atoms with Crippen molar-refractivity contribution in [1.29, 1.82) is 0 Å². The first-order valence-electron chi connectivity index (χ1n) is 6.18. The zero-order chi connectivity index (χ0) is 13.2. The van der Waals surface area contributed by atoms with Crippen LogP contribution < -0.4 is 10.6 Å². The van der Waals surface area contributed by atoms with Crippen LogP contribution in [0.2, 0.25) is 0 Å². The molecule has 3 heterocycles. The molecule has 2 aromatic heterocycles. The second kappa shape index (κ2) is 5.06. The molecule has 0 fully saturated rings. The Kier molecular flexibility index (Phi) is 3.26. The molecule has 1 amide bonds. The number of aromatic nitrogens is 4. The van der Waals surface area contributed by atoms with E-state index in [1.807, 2.05) is 6.92 Å². The van der Waals surface area contributed by atoms with Gasteiger partial charge in [0.15, 0.2) is 5.69 Å². The van der Waals surface area contributed by atoms with E-state index in [9.17, 15) is 4.79 Å². The van der Waals surface area contributed by atoms with E-state index in [4.69, 9.17) is 0 Å². The number of aromatic amines is 1. The number of nitrogens with zero attached hydrogens (tertiary/aromatic N) is 3. The van der Waals surface area contributed by atoms with Gasteiger partial charge in [-0.05, 0) is 6.42 Å². The van der Waals surface area contributed by atoms with E-state index < -0.39 is 0 Å². The molecule has 3 rings (SSSR count). The highest BCUT2D eigenvalue weighted by Gasteiger charge is 2.22. The van der Waals surface area contributed by atoms with Gasteiger partial charge in [0.2, 0.25) is 5.13 Å². The second-order valence-corrected chi connectivity index (χ2v) is 5.33. The molecule has 0 aromatic carbocycles. The summed E-state index contributed by atoms with van der Waals surface area (Å²) >= 11 is 1.39. The summed E-state index contributed by atoms with van der Waals surface area (Å²) < 4.78 is 0. The Morgan fingerprint density at radius 2 is 2.37 bits per heavy atom. The molecule has 3 N–H and O–H groups in total. The fourth-order valence-corrected chi connectivity index (χ4v) is 2.69. The van der Waals surface area contributed by atoms with Gasteiger partial charge in [0, 0.05) is 30.8 Å². The molecular formula is C11H14N6OS. The fraction of sp³-hybridized carbons (Fsp3) is 0.455. The highest BCUT2D eigenvalue weighted by molar-refractivity contribution is 7.15. The Hall–Kier alpha value is -1.80. The van der Waals surface area contributed by atoms with Crippen LogP contribution in [0.5, 0.6) is 0 Å². The minimum atomic E-state index is -0.236. The van der Waals surface area contributed by atoms with Crippen LogP contribution in [0.3, 0.4) is 0 Å². The first-order valence-corrected chi connectivity index (χ1v) is 7.00. The summed E-state index contributed by atoms with van der Waals surface area (Å²) in [6.45, 7) is 3.58. The zero-order valence-corrected chi connectivity index (χ0v) is 11.3. The molecule has 2 aromatic rings. The number of nitrogens with one attached hydrogen (secondary N) is 3. The standard InChI is InChI=1S/C11H14N6OS/c1-2-8-15-17-11(19-8)13-10(18)9-6-5-12-4-3-7(6)14-16-9/h12H,2-5H2,1H3,(H,14,16)(H,13,17,18). The number of rotatable bonds is 3. The lowest BCUT2D eigenvalue weighted by Gasteiger charge is -2.12. The lowest BCUT2D eigenvalue weighted by Crippen LogP contribution is -2.25. The van der Waals surface area contributed by atoms with Gasteiger partial charge >= 0.3 is 0 Å². The van der Waals surface area contributed by atoms with Crippen LogP contribution in [0.1, 0.15) is 33.7 Å². The van der Waals surface area contributed by atoms with Crippen molar-refractivity contribution in [3.63, 3.8) is 0 Å². The van der Waals surface area contributed by atoms with E-state index in [1.165, 1.54) is 11.3 Å². The average Bonchev–Trinajstić information content (AvgIpc) is 3.04. The first-order chi connectivity index (χ1) is 9.28. The SMILES string of the molecule is CCc1nnc(NC(=O)c2n[nH]c3c2CNCC3)s1. The highest BCUT2D eigenvalue weighted by Crippen LogP contribution is 2.19. The Labute approximate surface area is 113 Å². The van der Waals surface area contributed by atoms with Gasteiger partial charge in [0.25, 0.3) is 5.91 Å². The third kappa shape index (κ3) is 2.36. The van der Waals surface area contributed by atoms with Crippen LogP contribution in [0.15, 0.2) is 0 Å². The summed E-state index contributed by atoms with van der Waals surface area (Å²) in [7, 11) is 0. The summed E-state index contributed by atoms with van der Waals surface area (Å²) in [6, 6.07) is 0. The molecule has 0 saturated heterocycles. The molecule has 0 bridgehead atoms. The van der Waals surface area contributed by atoms with Gasteiger partial charge in [-0.3, -0.25) is 15.2 Å². The Morgan fingerprint density at radius 1 is 1.47 bits per heavy atom. The zero-order valence-electron chi connectivity index (χ0n) is 10.5. The molecule has 0 aliphatic carbocycles. The maximum atomic E-state index is 12.2. The van der Waals surface area contributed by atoms with Gasteiger partial charge in [-0.2, -0.15) is 5.10 Å². The van der Waals surface area contributed by atoms with Gasteiger partial charge in [-0.25, -0.2) is 0 Å². The van der Waals surface area contributed by atoms with E-state index in [-0.39, 0.29) is 5.91 Å². The van der Waals surface area contributed by atoms with E-state index in [1.54, 1.807) is 0 Å². The first kappa shape index (κ1) is 12.2. The predicted octanol–water partition coefficient (Wildman–Crippen LogP) is 0.722. The van der Waals surface area contributed by atoms with Crippen molar-refractivity contribution in [3.8, 4) is 0 Å². The van der Waals surface area contributed by atoms with E-state index in [0.717, 1.165) is 35.7 Å². The smallest absolute Gasteiger partial charge is 0.278 e. The highest BCUT2D eigenvalue weighted by atomic mass is 32.1. The van der Waals surface area contributed by atoms with Gasteiger partial charge in [0.05, 0.1) is 0 Å². The van der Waals surface area contributed by atoms with Crippen molar-refractivity contribution in [1.82, 2.24) is 25.7 Å². The summed E-state index contributed by atoms with van der Waals surface area (Å²) in [6.07, 6.45) is 1.68. The minimum absolute atomic E-state index is 0.236. The molecule has 1 aliphatic heterocycles. The maximum Gasteiger partial charge on any atom is 0.278 e. The van der Waals surface area contributed by atoms with Crippen molar-refractivity contribution in [3.05, 3.63) is 22.0 Å². The summed E-state index contributed by atoms with van der Waals surface area (Å²) in [4.78, 5) is 12.2. The lowest BCUT2D eigenvalue weighted by atomic mass is 10.1. The Bertz CT molecular complexity index is 604. The second-order valence-electron chi connectivity index (χ2n) is 4.26. The summed E-state index contributed by atoms with van der Waals surface area (Å²) in [5.74, 6) is -0.236.